The van der Waals surface area contributed by atoms with Gasteiger partial charge in [0.15, 0.2) is 0 Å². The maximum atomic E-state index is 11.8. The largest absolute Gasteiger partial charge is 0.446 e. The van der Waals surface area contributed by atoms with Gasteiger partial charge >= 0.3 is 0 Å². The summed E-state index contributed by atoms with van der Waals surface area (Å²) < 4.78 is 5.63. The van der Waals surface area contributed by atoms with Gasteiger partial charge in [-0.25, -0.2) is 0 Å². The summed E-state index contributed by atoms with van der Waals surface area (Å²) in [7, 11) is 0. The highest BCUT2D eigenvalue weighted by molar-refractivity contribution is 5.99. The van der Waals surface area contributed by atoms with E-state index in [4.69, 9.17) is 4.74 Å². The van der Waals surface area contributed by atoms with Crippen molar-refractivity contribution in [1.82, 2.24) is 4.90 Å². The average molecular weight is 232 g/mol. The Morgan fingerprint density at radius 1 is 1.24 bits per heavy atom. The van der Waals surface area contributed by atoms with Gasteiger partial charge in [-0.2, -0.15) is 4.99 Å². The van der Waals surface area contributed by atoms with Crippen molar-refractivity contribution in [1.29, 1.82) is 0 Å². The Morgan fingerprint density at radius 3 is 2.47 bits per heavy atom. The molecule has 0 bridgehead atoms. The first kappa shape index (κ1) is 11.6. The lowest BCUT2D eigenvalue weighted by molar-refractivity contribution is -0.122. The van der Waals surface area contributed by atoms with Crippen LogP contribution in [0.25, 0.3) is 0 Å². The molecule has 90 valence electrons. The first-order valence-electron chi connectivity index (χ1n) is 5.85. The van der Waals surface area contributed by atoms with Gasteiger partial charge < -0.3 is 9.64 Å². The van der Waals surface area contributed by atoms with Crippen LogP contribution in [0.4, 0.5) is 0 Å². The van der Waals surface area contributed by atoms with Crippen LogP contribution in [-0.2, 0) is 9.53 Å². The molecule has 1 atom stereocenters. The number of amidine groups is 1. The van der Waals surface area contributed by atoms with Gasteiger partial charge in [0.1, 0.15) is 0 Å². The van der Waals surface area contributed by atoms with Gasteiger partial charge in [0.05, 0.1) is 0 Å². The van der Waals surface area contributed by atoms with Crippen LogP contribution >= 0.6 is 0 Å². The predicted molar refractivity (Wildman–Crippen MR) is 65.6 cm³/mol. The fraction of sp³-hybridized carbons (Fsp3) is 0.385. The van der Waals surface area contributed by atoms with E-state index in [2.05, 4.69) is 4.99 Å². The van der Waals surface area contributed by atoms with Crippen molar-refractivity contribution in [2.24, 2.45) is 4.99 Å². The van der Waals surface area contributed by atoms with Crippen molar-refractivity contribution in [3.05, 3.63) is 35.9 Å². The quantitative estimate of drug-likeness (QED) is 0.800. The molecule has 0 aromatic heterocycles. The van der Waals surface area contributed by atoms with Crippen LogP contribution in [0.15, 0.2) is 35.3 Å². The smallest absolute Gasteiger partial charge is 0.296 e. The fourth-order valence-corrected chi connectivity index (χ4v) is 1.81. The highest BCUT2D eigenvalue weighted by Crippen LogP contribution is 2.24. The third kappa shape index (κ3) is 2.30. The lowest BCUT2D eigenvalue weighted by Crippen LogP contribution is -2.31. The van der Waals surface area contributed by atoms with Crippen LogP contribution in [0.2, 0.25) is 0 Å². The molecule has 1 unspecified atom stereocenters. The number of carbonyl (C=O) groups is 1. The van der Waals surface area contributed by atoms with E-state index in [1.165, 1.54) is 0 Å². The SMILES string of the molecule is CCN(CC)C1=NC(=O)C(c2ccccc2)O1. The molecule has 0 fully saturated rings. The Kier molecular flexibility index (Phi) is 3.42. The van der Waals surface area contributed by atoms with Gasteiger partial charge in [0, 0.05) is 18.7 Å². The zero-order valence-corrected chi connectivity index (χ0v) is 10.1. The molecular formula is C13H16N2O2. The molecule has 0 radical (unpaired) electrons. The van der Waals surface area contributed by atoms with Crippen molar-refractivity contribution < 1.29 is 9.53 Å². The molecule has 4 nitrogen and oxygen atoms in total. The number of benzene rings is 1. The monoisotopic (exact) mass is 232 g/mol. The van der Waals surface area contributed by atoms with Crippen molar-refractivity contribution in [3.63, 3.8) is 0 Å². The molecular weight excluding hydrogens is 216 g/mol. The molecule has 17 heavy (non-hydrogen) atoms. The number of amides is 1. The van der Waals surface area contributed by atoms with Crippen LogP contribution in [0.3, 0.4) is 0 Å². The summed E-state index contributed by atoms with van der Waals surface area (Å²) in [4.78, 5) is 17.7. The van der Waals surface area contributed by atoms with Crippen molar-refractivity contribution >= 4 is 11.9 Å². The van der Waals surface area contributed by atoms with Crippen molar-refractivity contribution in [3.8, 4) is 0 Å². The summed E-state index contributed by atoms with van der Waals surface area (Å²) in [6.45, 7) is 5.58. The maximum absolute atomic E-state index is 11.8. The van der Waals surface area contributed by atoms with Gasteiger partial charge in [0.25, 0.3) is 11.9 Å². The number of ether oxygens (including phenoxy) is 1. The lowest BCUT2D eigenvalue weighted by Gasteiger charge is -2.20. The standard InChI is InChI=1S/C13H16N2O2/c1-3-15(4-2)13-14-12(16)11(17-13)10-8-6-5-7-9-10/h5-9,11H,3-4H2,1-2H3. The highest BCUT2D eigenvalue weighted by Gasteiger charge is 2.32. The highest BCUT2D eigenvalue weighted by atomic mass is 16.5. The predicted octanol–water partition coefficient (Wildman–Crippen LogP) is 1.98. The summed E-state index contributed by atoms with van der Waals surface area (Å²) in [6, 6.07) is 9.89. The van der Waals surface area contributed by atoms with E-state index < -0.39 is 6.10 Å². The second kappa shape index (κ2) is 4.99. The Bertz CT molecular complexity index is 424. The molecule has 1 aliphatic heterocycles. The van der Waals surface area contributed by atoms with Crippen LogP contribution in [0, 0.1) is 0 Å². The van der Waals surface area contributed by atoms with Gasteiger partial charge in [-0.1, -0.05) is 30.3 Å². The zero-order valence-electron chi connectivity index (χ0n) is 10.1. The van der Waals surface area contributed by atoms with Gasteiger partial charge in [0.2, 0.25) is 6.10 Å². The molecule has 0 spiro atoms. The molecule has 4 heteroatoms. The van der Waals surface area contributed by atoms with Gasteiger partial charge in [-0.3, -0.25) is 4.79 Å². The van der Waals surface area contributed by atoms with Crippen molar-refractivity contribution in [2.75, 3.05) is 13.1 Å². The van der Waals surface area contributed by atoms with E-state index in [9.17, 15) is 4.79 Å². The molecule has 1 heterocycles. The Labute approximate surface area is 101 Å². The van der Waals surface area contributed by atoms with Crippen LogP contribution in [-0.4, -0.2) is 29.9 Å². The summed E-state index contributed by atoms with van der Waals surface area (Å²) in [5.74, 6) is -0.224. The lowest BCUT2D eigenvalue weighted by atomic mass is 10.1. The van der Waals surface area contributed by atoms with E-state index in [1.54, 1.807) is 0 Å². The molecule has 1 aromatic rings. The first-order chi connectivity index (χ1) is 8.26. The van der Waals surface area contributed by atoms with E-state index >= 15 is 0 Å². The molecule has 0 saturated heterocycles. The Morgan fingerprint density at radius 2 is 1.88 bits per heavy atom. The summed E-state index contributed by atoms with van der Waals surface area (Å²) in [6.07, 6.45) is -0.577. The molecule has 0 N–H and O–H groups in total. The van der Waals surface area contributed by atoms with E-state index in [-0.39, 0.29) is 5.91 Å². The molecule has 0 aliphatic carbocycles. The summed E-state index contributed by atoms with van der Waals surface area (Å²) in [5.41, 5.74) is 0.850. The third-order valence-electron chi connectivity index (χ3n) is 2.79. The first-order valence-corrected chi connectivity index (χ1v) is 5.85. The minimum Gasteiger partial charge on any atom is -0.446 e. The molecule has 1 amide bonds. The third-order valence-corrected chi connectivity index (χ3v) is 2.79. The molecule has 2 rings (SSSR count). The average Bonchev–Trinajstić information content (AvgIpc) is 2.74. The van der Waals surface area contributed by atoms with Gasteiger partial charge in [-0.05, 0) is 13.8 Å². The van der Waals surface area contributed by atoms with Crippen LogP contribution < -0.4 is 0 Å². The van der Waals surface area contributed by atoms with E-state index in [0.29, 0.717) is 6.02 Å². The number of rotatable bonds is 3. The van der Waals surface area contributed by atoms with Crippen LogP contribution in [0.5, 0.6) is 0 Å². The topological polar surface area (TPSA) is 41.9 Å². The number of aliphatic imine (C=N–C) groups is 1. The fourth-order valence-electron chi connectivity index (χ4n) is 1.81. The second-order valence-corrected chi connectivity index (χ2v) is 3.81. The van der Waals surface area contributed by atoms with Crippen LogP contribution in [0.1, 0.15) is 25.5 Å². The molecule has 0 saturated carbocycles. The summed E-state index contributed by atoms with van der Waals surface area (Å²) in [5, 5.41) is 0. The Balaban J connectivity index is 2.15. The molecule has 1 aliphatic rings. The minimum absolute atomic E-state index is 0.224. The van der Waals surface area contributed by atoms with E-state index in [0.717, 1.165) is 18.7 Å². The molecule has 1 aromatic carbocycles. The number of hydrogen-bond donors (Lipinski definition) is 0. The number of nitrogens with zero attached hydrogens (tertiary/aromatic N) is 2. The van der Waals surface area contributed by atoms with E-state index in [1.807, 2.05) is 49.1 Å². The maximum Gasteiger partial charge on any atom is 0.296 e. The number of carbonyl (C=O) groups excluding carboxylic acids is 1. The zero-order chi connectivity index (χ0) is 12.3. The normalized spacial score (nSPS) is 18.8. The number of hydrogen-bond acceptors (Lipinski definition) is 3. The minimum atomic E-state index is -0.577. The Hall–Kier alpha value is -1.84. The summed E-state index contributed by atoms with van der Waals surface area (Å²) >= 11 is 0. The van der Waals surface area contributed by atoms with Gasteiger partial charge in [-0.15, -0.1) is 0 Å². The van der Waals surface area contributed by atoms with Crippen molar-refractivity contribution in [2.45, 2.75) is 20.0 Å². The second-order valence-electron chi connectivity index (χ2n) is 3.81.